The molecule has 0 saturated heterocycles. The Balaban J connectivity index is 2.17. The van der Waals surface area contributed by atoms with E-state index in [1.165, 1.54) is 12.4 Å². The zero-order chi connectivity index (χ0) is 19.1. The second kappa shape index (κ2) is 9.13. The minimum Gasteiger partial charge on any atom is -0.352 e. The van der Waals surface area contributed by atoms with Crippen LogP contribution in [0.15, 0.2) is 42.7 Å². The second-order valence-corrected chi connectivity index (χ2v) is 6.79. The Labute approximate surface area is 155 Å². The number of anilines is 1. The lowest BCUT2D eigenvalue weighted by Gasteiger charge is -2.21. The van der Waals surface area contributed by atoms with Crippen LogP contribution in [0.25, 0.3) is 0 Å². The van der Waals surface area contributed by atoms with Crippen molar-refractivity contribution in [3.8, 4) is 0 Å². The number of benzene rings is 1. The first kappa shape index (κ1) is 19.6. The van der Waals surface area contributed by atoms with Crippen molar-refractivity contribution in [2.24, 2.45) is 5.92 Å². The van der Waals surface area contributed by atoms with Crippen LogP contribution in [0.3, 0.4) is 0 Å². The van der Waals surface area contributed by atoms with E-state index in [1.807, 2.05) is 38.1 Å². The highest BCUT2D eigenvalue weighted by atomic mass is 16.2. The minimum atomic E-state index is -0.202. The maximum absolute atomic E-state index is 12.9. The van der Waals surface area contributed by atoms with Gasteiger partial charge in [0.25, 0.3) is 11.8 Å². The molecule has 0 saturated carbocycles. The number of carbonyl (C=O) groups is 2. The van der Waals surface area contributed by atoms with Gasteiger partial charge in [-0.3, -0.25) is 14.6 Å². The molecular weight excluding hydrogens is 326 g/mol. The first-order valence-electron chi connectivity index (χ1n) is 9.04. The highest BCUT2D eigenvalue weighted by molar-refractivity contribution is 6.07. The monoisotopic (exact) mass is 353 g/mol. The quantitative estimate of drug-likeness (QED) is 0.823. The van der Waals surface area contributed by atoms with Crippen molar-refractivity contribution in [1.82, 2.24) is 10.3 Å². The summed E-state index contributed by atoms with van der Waals surface area (Å²) in [4.78, 5) is 31.0. The number of hydrogen-bond acceptors (Lipinski definition) is 3. The zero-order valence-corrected chi connectivity index (χ0v) is 16.0. The highest BCUT2D eigenvalue weighted by Gasteiger charge is 2.18. The Morgan fingerprint density at radius 3 is 2.54 bits per heavy atom. The molecular formula is C21H27N3O2. The normalized spacial score (nSPS) is 10.7. The fourth-order valence-electron chi connectivity index (χ4n) is 2.65. The van der Waals surface area contributed by atoms with Crippen molar-refractivity contribution in [1.29, 1.82) is 0 Å². The number of hydrogen-bond donors (Lipinski definition) is 1. The van der Waals surface area contributed by atoms with Gasteiger partial charge in [0.15, 0.2) is 0 Å². The molecule has 0 aliphatic rings. The van der Waals surface area contributed by atoms with Crippen LogP contribution in [0.2, 0.25) is 0 Å². The topological polar surface area (TPSA) is 62.3 Å². The SMILES string of the molecule is CCN(C(=O)c1cncc(C(=O)NCCC(C)C)c1)c1cccc(C)c1. The van der Waals surface area contributed by atoms with Crippen LogP contribution >= 0.6 is 0 Å². The van der Waals surface area contributed by atoms with E-state index in [-0.39, 0.29) is 11.8 Å². The third-order valence-corrected chi connectivity index (χ3v) is 4.13. The van der Waals surface area contributed by atoms with Crippen molar-refractivity contribution in [3.05, 3.63) is 59.4 Å². The van der Waals surface area contributed by atoms with Gasteiger partial charge in [0.05, 0.1) is 11.1 Å². The van der Waals surface area contributed by atoms with Crippen molar-refractivity contribution >= 4 is 17.5 Å². The summed E-state index contributed by atoms with van der Waals surface area (Å²) in [7, 11) is 0. The van der Waals surface area contributed by atoms with E-state index in [9.17, 15) is 9.59 Å². The predicted octanol–water partition coefficient (Wildman–Crippen LogP) is 3.83. The molecule has 0 fully saturated rings. The maximum Gasteiger partial charge on any atom is 0.259 e. The molecule has 1 heterocycles. The van der Waals surface area contributed by atoms with Crippen LogP contribution in [-0.2, 0) is 0 Å². The zero-order valence-electron chi connectivity index (χ0n) is 16.0. The number of aryl methyl sites for hydroxylation is 1. The van der Waals surface area contributed by atoms with Crippen molar-refractivity contribution in [2.45, 2.75) is 34.1 Å². The predicted molar refractivity (Wildman–Crippen MR) is 105 cm³/mol. The minimum absolute atomic E-state index is 0.164. The summed E-state index contributed by atoms with van der Waals surface area (Å²) < 4.78 is 0. The second-order valence-electron chi connectivity index (χ2n) is 6.79. The molecule has 0 bridgehead atoms. The van der Waals surface area contributed by atoms with Gasteiger partial charge in [-0.1, -0.05) is 26.0 Å². The average molecular weight is 353 g/mol. The van der Waals surface area contributed by atoms with Crippen LogP contribution in [-0.4, -0.2) is 29.9 Å². The average Bonchev–Trinajstić information content (AvgIpc) is 2.62. The van der Waals surface area contributed by atoms with E-state index in [4.69, 9.17) is 0 Å². The third-order valence-electron chi connectivity index (χ3n) is 4.13. The van der Waals surface area contributed by atoms with Crippen LogP contribution < -0.4 is 10.2 Å². The van der Waals surface area contributed by atoms with Gasteiger partial charge in [-0.15, -0.1) is 0 Å². The molecule has 2 aromatic rings. The Morgan fingerprint density at radius 2 is 1.88 bits per heavy atom. The molecule has 0 atom stereocenters. The van der Waals surface area contributed by atoms with Crippen LogP contribution in [0, 0.1) is 12.8 Å². The first-order chi connectivity index (χ1) is 12.4. The molecule has 0 aliphatic heterocycles. The molecule has 0 unspecified atom stereocenters. The summed E-state index contributed by atoms with van der Waals surface area (Å²) in [6, 6.07) is 9.41. The number of aromatic nitrogens is 1. The van der Waals surface area contributed by atoms with Gasteiger partial charge in [0, 0.05) is 31.2 Å². The fraction of sp³-hybridized carbons (Fsp3) is 0.381. The van der Waals surface area contributed by atoms with Crippen molar-refractivity contribution in [2.75, 3.05) is 18.0 Å². The van der Waals surface area contributed by atoms with Crippen LogP contribution in [0.4, 0.5) is 5.69 Å². The van der Waals surface area contributed by atoms with Gasteiger partial charge in [-0.2, -0.15) is 0 Å². The molecule has 5 heteroatoms. The molecule has 1 aromatic carbocycles. The van der Waals surface area contributed by atoms with Crippen LogP contribution in [0.1, 0.15) is 53.5 Å². The van der Waals surface area contributed by atoms with Gasteiger partial charge in [-0.25, -0.2) is 0 Å². The number of amides is 2. The fourth-order valence-corrected chi connectivity index (χ4v) is 2.65. The summed E-state index contributed by atoms with van der Waals surface area (Å²) in [6.07, 6.45) is 3.91. The lowest BCUT2D eigenvalue weighted by atomic mass is 10.1. The Hall–Kier alpha value is -2.69. The standard InChI is InChI=1S/C21H27N3O2/c1-5-24(19-8-6-7-16(4)11-19)21(26)18-12-17(13-22-14-18)20(25)23-10-9-15(2)3/h6-8,11-15H,5,9-10H2,1-4H3,(H,23,25). The summed E-state index contributed by atoms with van der Waals surface area (Å²) in [5, 5.41) is 2.87. The van der Waals surface area contributed by atoms with E-state index < -0.39 is 0 Å². The number of rotatable bonds is 7. The largest absolute Gasteiger partial charge is 0.352 e. The lowest BCUT2D eigenvalue weighted by Crippen LogP contribution is -2.31. The molecule has 1 N–H and O–H groups in total. The Bertz CT molecular complexity index is 771. The summed E-state index contributed by atoms with van der Waals surface area (Å²) >= 11 is 0. The number of carbonyl (C=O) groups excluding carboxylic acids is 2. The third kappa shape index (κ3) is 5.15. The van der Waals surface area contributed by atoms with E-state index in [2.05, 4.69) is 24.1 Å². The number of nitrogens with zero attached hydrogens (tertiary/aromatic N) is 2. The van der Waals surface area contributed by atoms with Gasteiger partial charge < -0.3 is 10.2 Å². The molecule has 5 nitrogen and oxygen atoms in total. The highest BCUT2D eigenvalue weighted by Crippen LogP contribution is 2.18. The van der Waals surface area contributed by atoms with Crippen molar-refractivity contribution in [3.63, 3.8) is 0 Å². The van der Waals surface area contributed by atoms with Gasteiger partial charge >= 0.3 is 0 Å². The van der Waals surface area contributed by atoms with E-state index >= 15 is 0 Å². The molecule has 138 valence electrons. The maximum atomic E-state index is 12.9. The van der Waals surface area contributed by atoms with Gasteiger partial charge in [0.1, 0.15) is 0 Å². The molecule has 2 amide bonds. The summed E-state index contributed by atoms with van der Waals surface area (Å²) in [5.74, 6) is 0.155. The molecule has 1 aromatic heterocycles. The van der Waals surface area contributed by atoms with E-state index in [0.717, 1.165) is 17.7 Å². The summed E-state index contributed by atoms with van der Waals surface area (Å²) in [6.45, 7) is 9.28. The molecule has 0 spiro atoms. The lowest BCUT2D eigenvalue weighted by molar-refractivity contribution is 0.0951. The first-order valence-corrected chi connectivity index (χ1v) is 9.04. The van der Waals surface area contributed by atoms with E-state index in [0.29, 0.717) is 30.1 Å². The summed E-state index contributed by atoms with van der Waals surface area (Å²) in [5.41, 5.74) is 2.74. The number of pyridine rings is 1. The Kier molecular flexibility index (Phi) is 6.89. The molecule has 0 aliphatic carbocycles. The Morgan fingerprint density at radius 1 is 1.15 bits per heavy atom. The van der Waals surface area contributed by atoms with E-state index in [1.54, 1.807) is 11.0 Å². The van der Waals surface area contributed by atoms with Gasteiger partial charge in [0.2, 0.25) is 0 Å². The smallest absolute Gasteiger partial charge is 0.259 e. The molecule has 0 radical (unpaired) electrons. The van der Waals surface area contributed by atoms with Gasteiger partial charge in [-0.05, 0) is 49.9 Å². The molecule has 2 rings (SSSR count). The molecule has 26 heavy (non-hydrogen) atoms. The van der Waals surface area contributed by atoms with Crippen molar-refractivity contribution < 1.29 is 9.59 Å². The van der Waals surface area contributed by atoms with Crippen LogP contribution in [0.5, 0.6) is 0 Å². The number of nitrogens with one attached hydrogen (secondary N) is 1.